The summed E-state index contributed by atoms with van der Waals surface area (Å²) in [6.07, 6.45) is 3.65. The summed E-state index contributed by atoms with van der Waals surface area (Å²) in [4.78, 5) is 13.3. The molecule has 0 bridgehead atoms. The van der Waals surface area contributed by atoms with Crippen LogP contribution in [0.2, 0.25) is 0 Å². The van der Waals surface area contributed by atoms with E-state index in [0.717, 1.165) is 27.2 Å². The highest BCUT2D eigenvalue weighted by molar-refractivity contribution is 7.13. The van der Waals surface area contributed by atoms with E-state index in [-0.39, 0.29) is 0 Å². The number of anilines is 2. The molecule has 106 valence electrons. The van der Waals surface area contributed by atoms with Gasteiger partial charge in [0.1, 0.15) is 5.01 Å². The Bertz CT molecular complexity index is 905. The molecule has 0 unspecified atom stereocenters. The molecule has 0 spiro atoms. The first-order chi connectivity index (χ1) is 10.9. The maximum Gasteiger partial charge on any atom is 0.227 e. The molecule has 0 fully saturated rings. The van der Waals surface area contributed by atoms with Gasteiger partial charge in [-0.1, -0.05) is 18.2 Å². The molecule has 22 heavy (non-hydrogen) atoms. The van der Waals surface area contributed by atoms with E-state index >= 15 is 0 Å². The number of aromatic nitrogens is 3. The van der Waals surface area contributed by atoms with Gasteiger partial charge in [0, 0.05) is 34.4 Å². The average Bonchev–Trinajstić information content (AvgIpc) is 3.10. The minimum absolute atomic E-state index is 0.598. The first kappa shape index (κ1) is 12.9. The van der Waals surface area contributed by atoms with Gasteiger partial charge in [-0.15, -0.1) is 11.3 Å². The number of fused-ring (bicyclic) bond motifs is 1. The van der Waals surface area contributed by atoms with Crippen LogP contribution in [0.3, 0.4) is 0 Å². The van der Waals surface area contributed by atoms with E-state index < -0.39 is 0 Å². The predicted octanol–water partition coefficient (Wildman–Crippen LogP) is 4.50. The van der Waals surface area contributed by atoms with Crippen LogP contribution in [0.15, 0.2) is 66.3 Å². The summed E-state index contributed by atoms with van der Waals surface area (Å²) in [5.74, 6) is 0.598. The van der Waals surface area contributed by atoms with Crippen molar-refractivity contribution in [2.75, 3.05) is 5.32 Å². The number of hydrogen-bond acceptors (Lipinski definition) is 5. The van der Waals surface area contributed by atoms with Crippen molar-refractivity contribution in [2.24, 2.45) is 0 Å². The molecule has 0 aliphatic carbocycles. The number of thiazole rings is 1. The van der Waals surface area contributed by atoms with Crippen LogP contribution in [0.4, 0.5) is 11.6 Å². The first-order valence-electron chi connectivity index (χ1n) is 6.87. The maximum absolute atomic E-state index is 4.55. The van der Waals surface area contributed by atoms with Crippen molar-refractivity contribution in [2.45, 2.75) is 0 Å². The molecule has 0 radical (unpaired) electrons. The molecule has 0 amide bonds. The summed E-state index contributed by atoms with van der Waals surface area (Å²) < 4.78 is 0. The first-order valence-corrected chi connectivity index (χ1v) is 7.75. The fraction of sp³-hybridized carbons (Fsp3) is 0. The molecule has 2 heterocycles. The van der Waals surface area contributed by atoms with Crippen molar-refractivity contribution >= 4 is 33.9 Å². The second-order valence-electron chi connectivity index (χ2n) is 4.80. The largest absolute Gasteiger partial charge is 0.324 e. The monoisotopic (exact) mass is 304 g/mol. The Morgan fingerprint density at radius 1 is 0.955 bits per heavy atom. The molecule has 0 saturated carbocycles. The third kappa shape index (κ3) is 2.54. The lowest BCUT2D eigenvalue weighted by atomic mass is 10.1. The summed E-state index contributed by atoms with van der Waals surface area (Å²) in [7, 11) is 0. The minimum atomic E-state index is 0.598. The molecule has 0 aliphatic heterocycles. The van der Waals surface area contributed by atoms with Crippen LogP contribution in [-0.4, -0.2) is 15.0 Å². The van der Waals surface area contributed by atoms with E-state index in [0.29, 0.717) is 5.95 Å². The molecule has 0 atom stereocenters. The van der Waals surface area contributed by atoms with Crippen molar-refractivity contribution in [1.29, 1.82) is 0 Å². The van der Waals surface area contributed by atoms with Crippen molar-refractivity contribution in [1.82, 2.24) is 15.0 Å². The number of rotatable bonds is 3. The smallest absolute Gasteiger partial charge is 0.227 e. The molecule has 2 aromatic carbocycles. The van der Waals surface area contributed by atoms with Gasteiger partial charge in [0.15, 0.2) is 0 Å². The van der Waals surface area contributed by atoms with E-state index in [4.69, 9.17) is 0 Å². The highest BCUT2D eigenvalue weighted by Crippen LogP contribution is 2.25. The summed E-state index contributed by atoms with van der Waals surface area (Å²) in [6, 6.07) is 16.0. The van der Waals surface area contributed by atoms with Crippen LogP contribution in [0.1, 0.15) is 0 Å². The molecule has 5 heteroatoms. The van der Waals surface area contributed by atoms with Crippen molar-refractivity contribution in [3.8, 4) is 10.6 Å². The molecule has 4 rings (SSSR count). The number of benzene rings is 2. The highest BCUT2D eigenvalue weighted by atomic mass is 32.1. The SMILES string of the molecule is c1ccc(Nc2ncc3cc(-c4nccs4)ccc3n2)cc1. The molecule has 2 aromatic heterocycles. The standard InChI is InChI=1S/C17H12N4S/c1-2-4-14(5-3-1)20-17-19-11-13-10-12(6-7-15(13)21-17)16-18-8-9-22-16/h1-11H,(H,19,20,21). The zero-order valence-corrected chi connectivity index (χ0v) is 12.4. The van der Waals surface area contributed by atoms with E-state index in [2.05, 4.69) is 26.3 Å². The van der Waals surface area contributed by atoms with Gasteiger partial charge in [0.2, 0.25) is 5.95 Å². The topological polar surface area (TPSA) is 50.7 Å². The Kier molecular flexibility index (Phi) is 3.25. The number of hydrogen-bond donors (Lipinski definition) is 1. The zero-order valence-electron chi connectivity index (χ0n) is 11.6. The second kappa shape index (κ2) is 5.54. The van der Waals surface area contributed by atoms with Crippen molar-refractivity contribution in [3.63, 3.8) is 0 Å². The summed E-state index contributed by atoms with van der Waals surface area (Å²) in [5, 5.41) is 7.19. The van der Waals surface area contributed by atoms with Gasteiger partial charge in [-0.25, -0.2) is 15.0 Å². The minimum Gasteiger partial charge on any atom is -0.324 e. The van der Waals surface area contributed by atoms with E-state index in [9.17, 15) is 0 Å². The van der Waals surface area contributed by atoms with Gasteiger partial charge in [0.05, 0.1) is 5.52 Å². The molecule has 4 aromatic rings. The van der Waals surface area contributed by atoms with Crippen molar-refractivity contribution in [3.05, 3.63) is 66.3 Å². The van der Waals surface area contributed by atoms with Crippen molar-refractivity contribution < 1.29 is 0 Å². The maximum atomic E-state index is 4.55. The lowest BCUT2D eigenvalue weighted by Gasteiger charge is -2.06. The lowest BCUT2D eigenvalue weighted by molar-refractivity contribution is 1.21. The van der Waals surface area contributed by atoms with E-state index in [1.54, 1.807) is 11.3 Å². The fourth-order valence-electron chi connectivity index (χ4n) is 2.24. The summed E-state index contributed by atoms with van der Waals surface area (Å²) in [5.41, 5.74) is 2.98. The van der Waals surface area contributed by atoms with Crippen LogP contribution in [0, 0.1) is 0 Å². The predicted molar refractivity (Wildman–Crippen MR) is 90.4 cm³/mol. The molecule has 4 nitrogen and oxygen atoms in total. The molecule has 1 N–H and O–H groups in total. The van der Waals surface area contributed by atoms with Crippen LogP contribution >= 0.6 is 11.3 Å². The number of para-hydroxylation sites is 1. The van der Waals surface area contributed by atoms with Crippen LogP contribution in [-0.2, 0) is 0 Å². The summed E-state index contributed by atoms with van der Waals surface area (Å²) >= 11 is 1.63. The Balaban J connectivity index is 1.68. The highest BCUT2D eigenvalue weighted by Gasteiger charge is 2.04. The van der Waals surface area contributed by atoms with Gasteiger partial charge in [-0.3, -0.25) is 0 Å². The molecular formula is C17H12N4S. The van der Waals surface area contributed by atoms with Gasteiger partial charge in [0.25, 0.3) is 0 Å². The van der Waals surface area contributed by atoms with Gasteiger partial charge >= 0.3 is 0 Å². The molecular weight excluding hydrogens is 292 g/mol. The Hall–Kier alpha value is -2.79. The Morgan fingerprint density at radius 3 is 2.68 bits per heavy atom. The summed E-state index contributed by atoms with van der Waals surface area (Å²) in [6.45, 7) is 0. The fourth-order valence-corrected chi connectivity index (χ4v) is 2.88. The second-order valence-corrected chi connectivity index (χ2v) is 5.69. The Labute approximate surface area is 131 Å². The van der Waals surface area contributed by atoms with Crippen LogP contribution in [0.25, 0.3) is 21.5 Å². The third-order valence-electron chi connectivity index (χ3n) is 3.29. The quantitative estimate of drug-likeness (QED) is 0.605. The normalized spacial score (nSPS) is 10.7. The zero-order chi connectivity index (χ0) is 14.8. The van der Waals surface area contributed by atoms with Crippen LogP contribution in [0.5, 0.6) is 0 Å². The van der Waals surface area contributed by atoms with Crippen LogP contribution < -0.4 is 5.32 Å². The van der Waals surface area contributed by atoms with Gasteiger partial charge in [-0.05, 0) is 30.3 Å². The lowest BCUT2D eigenvalue weighted by Crippen LogP contribution is -1.96. The third-order valence-corrected chi connectivity index (χ3v) is 4.11. The molecule has 0 saturated heterocycles. The number of nitrogens with one attached hydrogen (secondary N) is 1. The number of nitrogens with zero attached hydrogens (tertiary/aromatic N) is 3. The average molecular weight is 304 g/mol. The van der Waals surface area contributed by atoms with Gasteiger partial charge < -0.3 is 5.32 Å². The van der Waals surface area contributed by atoms with E-state index in [1.807, 2.05) is 60.2 Å². The molecule has 0 aliphatic rings. The Morgan fingerprint density at radius 2 is 1.86 bits per heavy atom. The van der Waals surface area contributed by atoms with Gasteiger partial charge in [-0.2, -0.15) is 0 Å². The van der Waals surface area contributed by atoms with E-state index in [1.165, 1.54) is 0 Å².